The molecule has 94 valence electrons. The van der Waals surface area contributed by atoms with Crippen molar-refractivity contribution in [2.45, 2.75) is 33.1 Å². The molecule has 0 aliphatic heterocycles. The number of aromatic nitrogens is 1. The van der Waals surface area contributed by atoms with Gasteiger partial charge in [0, 0.05) is 11.6 Å². The monoisotopic (exact) mass is 243 g/mol. The SMILES string of the molecule is CCC(C)c1cc(C(C)=O)cc2ccc(=O)[nH]c12. The van der Waals surface area contributed by atoms with Gasteiger partial charge in [-0.3, -0.25) is 9.59 Å². The lowest BCUT2D eigenvalue weighted by Crippen LogP contribution is -2.07. The molecule has 0 bridgehead atoms. The first-order chi connectivity index (χ1) is 8.52. The normalized spacial score (nSPS) is 12.6. The average molecular weight is 243 g/mol. The first-order valence-electron chi connectivity index (χ1n) is 6.21. The summed E-state index contributed by atoms with van der Waals surface area (Å²) in [6.07, 6.45) is 0.966. The van der Waals surface area contributed by atoms with E-state index in [4.69, 9.17) is 0 Å². The molecule has 0 spiro atoms. The number of fused-ring (bicyclic) bond motifs is 1. The van der Waals surface area contributed by atoms with Crippen molar-refractivity contribution in [3.05, 3.63) is 45.7 Å². The Balaban J connectivity index is 2.81. The third-order valence-corrected chi connectivity index (χ3v) is 3.41. The van der Waals surface area contributed by atoms with E-state index in [1.807, 2.05) is 12.1 Å². The van der Waals surface area contributed by atoms with Crippen molar-refractivity contribution < 1.29 is 4.79 Å². The predicted molar refractivity (Wildman–Crippen MR) is 73.3 cm³/mol. The number of hydrogen-bond donors (Lipinski definition) is 1. The van der Waals surface area contributed by atoms with Gasteiger partial charge < -0.3 is 4.98 Å². The van der Waals surface area contributed by atoms with Crippen molar-refractivity contribution >= 4 is 16.7 Å². The molecule has 3 nitrogen and oxygen atoms in total. The zero-order valence-electron chi connectivity index (χ0n) is 10.9. The van der Waals surface area contributed by atoms with Crippen LogP contribution in [0.2, 0.25) is 0 Å². The van der Waals surface area contributed by atoms with E-state index < -0.39 is 0 Å². The number of aromatic amines is 1. The number of pyridine rings is 1. The van der Waals surface area contributed by atoms with Gasteiger partial charge in [0.15, 0.2) is 5.78 Å². The molecule has 0 saturated carbocycles. The van der Waals surface area contributed by atoms with Crippen LogP contribution in [0.4, 0.5) is 0 Å². The lowest BCUT2D eigenvalue weighted by atomic mass is 9.93. The second-order valence-corrected chi connectivity index (χ2v) is 4.72. The fourth-order valence-corrected chi connectivity index (χ4v) is 2.11. The van der Waals surface area contributed by atoms with Gasteiger partial charge in [0.2, 0.25) is 5.56 Å². The molecule has 2 aromatic rings. The van der Waals surface area contributed by atoms with Crippen LogP contribution in [0.15, 0.2) is 29.1 Å². The maximum Gasteiger partial charge on any atom is 0.248 e. The largest absolute Gasteiger partial charge is 0.322 e. The summed E-state index contributed by atoms with van der Waals surface area (Å²) in [7, 11) is 0. The number of benzene rings is 1. The summed E-state index contributed by atoms with van der Waals surface area (Å²) < 4.78 is 0. The van der Waals surface area contributed by atoms with Crippen molar-refractivity contribution in [3.63, 3.8) is 0 Å². The highest BCUT2D eigenvalue weighted by Gasteiger charge is 2.12. The third kappa shape index (κ3) is 2.21. The zero-order chi connectivity index (χ0) is 13.3. The quantitative estimate of drug-likeness (QED) is 0.841. The Morgan fingerprint density at radius 1 is 1.33 bits per heavy atom. The van der Waals surface area contributed by atoms with Gasteiger partial charge >= 0.3 is 0 Å². The molecule has 0 fully saturated rings. The van der Waals surface area contributed by atoms with Crippen molar-refractivity contribution in [1.29, 1.82) is 0 Å². The molecule has 1 heterocycles. The van der Waals surface area contributed by atoms with E-state index in [1.54, 1.807) is 13.0 Å². The fourth-order valence-electron chi connectivity index (χ4n) is 2.11. The fraction of sp³-hybridized carbons (Fsp3) is 0.333. The summed E-state index contributed by atoms with van der Waals surface area (Å²) in [5.41, 5.74) is 2.48. The van der Waals surface area contributed by atoms with Crippen molar-refractivity contribution in [1.82, 2.24) is 4.98 Å². The van der Waals surface area contributed by atoms with E-state index in [-0.39, 0.29) is 11.3 Å². The highest BCUT2D eigenvalue weighted by atomic mass is 16.1. The van der Waals surface area contributed by atoms with Crippen LogP contribution >= 0.6 is 0 Å². The lowest BCUT2D eigenvalue weighted by molar-refractivity contribution is 0.101. The highest BCUT2D eigenvalue weighted by molar-refractivity contribution is 5.98. The van der Waals surface area contributed by atoms with Gasteiger partial charge in [-0.1, -0.05) is 13.8 Å². The molecular weight excluding hydrogens is 226 g/mol. The summed E-state index contributed by atoms with van der Waals surface area (Å²) in [6, 6.07) is 6.99. The Bertz CT molecular complexity index is 655. The van der Waals surface area contributed by atoms with E-state index in [0.717, 1.165) is 22.9 Å². The van der Waals surface area contributed by atoms with Crippen LogP contribution in [0.5, 0.6) is 0 Å². The first kappa shape index (κ1) is 12.6. The van der Waals surface area contributed by atoms with E-state index in [0.29, 0.717) is 11.5 Å². The van der Waals surface area contributed by atoms with Crippen LogP contribution in [-0.2, 0) is 0 Å². The number of H-pyrrole nitrogens is 1. The van der Waals surface area contributed by atoms with E-state index in [1.165, 1.54) is 6.07 Å². The topological polar surface area (TPSA) is 49.9 Å². The van der Waals surface area contributed by atoms with Crippen LogP contribution in [0.1, 0.15) is 49.0 Å². The molecule has 1 aromatic carbocycles. The molecular formula is C15H17NO2. The average Bonchev–Trinajstić information content (AvgIpc) is 2.36. The Morgan fingerprint density at radius 2 is 2.06 bits per heavy atom. The number of Topliss-reactive ketones (excluding diaryl/α,β-unsaturated/α-hetero) is 1. The molecule has 1 aromatic heterocycles. The molecule has 1 N–H and O–H groups in total. The molecule has 2 rings (SSSR count). The first-order valence-corrected chi connectivity index (χ1v) is 6.21. The minimum Gasteiger partial charge on any atom is -0.322 e. The smallest absolute Gasteiger partial charge is 0.248 e. The van der Waals surface area contributed by atoms with Gasteiger partial charge in [0.05, 0.1) is 5.52 Å². The van der Waals surface area contributed by atoms with Gasteiger partial charge in [-0.15, -0.1) is 0 Å². The van der Waals surface area contributed by atoms with E-state index in [2.05, 4.69) is 18.8 Å². The zero-order valence-corrected chi connectivity index (χ0v) is 10.9. The number of nitrogens with one attached hydrogen (secondary N) is 1. The predicted octanol–water partition coefficient (Wildman–Crippen LogP) is 3.24. The molecule has 0 saturated heterocycles. The molecule has 18 heavy (non-hydrogen) atoms. The molecule has 0 radical (unpaired) electrons. The number of rotatable bonds is 3. The Kier molecular flexibility index (Phi) is 3.32. The number of carbonyl (C=O) groups excluding carboxylic acids is 1. The van der Waals surface area contributed by atoms with Crippen LogP contribution in [0.25, 0.3) is 10.9 Å². The number of carbonyl (C=O) groups is 1. The van der Waals surface area contributed by atoms with Gasteiger partial charge in [0.1, 0.15) is 0 Å². The summed E-state index contributed by atoms with van der Waals surface area (Å²) >= 11 is 0. The summed E-state index contributed by atoms with van der Waals surface area (Å²) in [5.74, 6) is 0.359. The number of ketones is 1. The van der Waals surface area contributed by atoms with Crippen molar-refractivity contribution in [3.8, 4) is 0 Å². The maximum atomic E-state index is 11.5. The molecule has 1 atom stereocenters. The Morgan fingerprint density at radius 3 is 2.67 bits per heavy atom. The lowest BCUT2D eigenvalue weighted by Gasteiger charge is -2.13. The highest BCUT2D eigenvalue weighted by Crippen LogP contribution is 2.27. The minimum atomic E-state index is -0.109. The Hall–Kier alpha value is -1.90. The van der Waals surface area contributed by atoms with Crippen LogP contribution in [0.3, 0.4) is 0 Å². The molecule has 1 unspecified atom stereocenters. The van der Waals surface area contributed by atoms with Crippen LogP contribution < -0.4 is 5.56 Å². The second kappa shape index (κ2) is 4.77. The van der Waals surface area contributed by atoms with Crippen LogP contribution in [-0.4, -0.2) is 10.8 Å². The molecule has 0 amide bonds. The molecule has 0 aliphatic rings. The van der Waals surface area contributed by atoms with Gasteiger partial charge in [0.25, 0.3) is 0 Å². The second-order valence-electron chi connectivity index (χ2n) is 4.72. The van der Waals surface area contributed by atoms with Gasteiger partial charge in [-0.05, 0) is 48.4 Å². The van der Waals surface area contributed by atoms with Crippen molar-refractivity contribution in [2.24, 2.45) is 0 Å². The maximum absolute atomic E-state index is 11.5. The minimum absolute atomic E-state index is 0.0488. The Labute approximate surface area is 106 Å². The van der Waals surface area contributed by atoms with Gasteiger partial charge in [-0.2, -0.15) is 0 Å². The summed E-state index contributed by atoms with van der Waals surface area (Å²) in [4.78, 5) is 25.9. The van der Waals surface area contributed by atoms with E-state index in [9.17, 15) is 9.59 Å². The summed E-state index contributed by atoms with van der Waals surface area (Å²) in [6.45, 7) is 5.76. The van der Waals surface area contributed by atoms with Gasteiger partial charge in [-0.25, -0.2) is 0 Å². The number of hydrogen-bond acceptors (Lipinski definition) is 2. The van der Waals surface area contributed by atoms with Crippen LogP contribution in [0, 0.1) is 0 Å². The molecule has 3 heteroatoms. The third-order valence-electron chi connectivity index (χ3n) is 3.41. The van der Waals surface area contributed by atoms with Crippen molar-refractivity contribution in [2.75, 3.05) is 0 Å². The standard InChI is InChI=1S/C15H17NO2/c1-4-9(2)13-8-12(10(3)17)7-11-5-6-14(18)16-15(11)13/h5-9H,4H2,1-3H3,(H,16,18). The van der Waals surface area contributed by atoms with E-state index >= 15 is 0 Å². The molecule has 0 aliphatic carbocycles. The summed E-state index contributed by atoms with van der Waals surface area (Å²) in [5, 5.41) is 0.914.